The van der Waals surface area contributed by atoms with E-state index in [9.17, 15) is 4.57 Å². The zero-order valence-corrected chi connectivity index (χ0v) is 20.1. The van der Waals surface area contributed by atoms with Crippen LogP contribution in [0.4, 0.5) is 0 Å². The zero-order chi connectivity index (χ0) is 22.2. The summed E-state index contributed by atoms with van der Waals surface area (Å²) in [6.07, 6.45) is 8.49. The van der Waals surface area contributed by atoms with Crippen molar-refractivity contribution in [1.82, 2.24) is 0 Å². The molecule has 0 aliphatic rings. The second-order valence-electron chi connectivity index (χ2n) is 7.67. The van der Waals surface area contributed by atoms with Crippen LogP contribution < -0.4 is 4.52 Å². The average Bonchev–Trinajstić information content (AvgIpc) is 2.78. The van der Waals surface area contributed by atoms with E-state index >= 15 is 0 Å². The number of rotatable bonds is 18. The number of fused-ring (bicyclic) bond motifs is 1. The number of benzene rings is 2. The van der Waals surface area contributed by atoms with E-state index in [0.717, 1.165) is 23.6 Å². The molecule has 2 aromatic carbocycles. The van der Waals surface area contributed by atoms with Gasteiger partial charge in [-0.3, -0.25) is 4.52 Å². The Morgan fingerprint density at radius 1 is 0.742 bits per heavy atom. The molecule has 0 N–H and O–H groups in total. The smallest absolute Gasteiger partial charge is 0.381 e. The van der Waals surface area contributed by atoms with Crippen molar-refractivity contribution < 1.29 is 23.1 Å². The Morgan fingerprint density at radius 3 is 2.26 bits per heavy atom. The van der Waals surface area contributed by atoms with Crippen LogP contribution in [0, 0.1) is 0 Å². The minimum Gasteiger partial charge on any atom is -0.424 e. The van der Waals surface area contributed by atoms with Crippen LogP contribution in [0.1, 0.15) is 58.8 Å². The van der Waals surface area contributed by atoms with E-state index in [4.69, 9.17) is 18.5 Å². The molecule has 0 amide bonds. The summed E-state index contributed by atoms with van der Waals surface area (Å²) in [7, 11) is -3.33. The van der Waals surface area contributed by atoms with Crippen LogP contribution in [-0.2, 0) is 18.6 Å². The Morgan fingerprint density at radius 2 is 1.45 bits per heavy atom. The van der Waals surface area contributed by atoms with E-state index in [1.165, 1.54) is 32.1 Å². The van der Waals surface area contributed by atoms with Gasteiger partial charge in [-0.05, 0) is 24.8 Å². The maximum absolute atomic E-state index is 13.5. The Bertz CT molecular complexity index is 774. The topological polar surface area (TPSA) is 54.0 Å². The van der Waals surface area contributed by atoms with Crippen LogP contribution in [0.5, 0.6) is 5.75 Å². The van der Waals surface area contributed by atoms with E-state index in [1.807, 2.05) is 49.4 Å². The summed E-state index contributed by atoms with van der Waals surface area (Å²) in [5.41, 5.74) is 0. The highest BCUT2D eigenvalue weighted by Gasteiger charge is 2.27. The van der Waals surface area contributed by atoms with Gasteiger partial charge >= 0.3 is 7.60 Å². The van der Waals surface area contributed by atoms with E-state index in [0.29, 0.717) is 38.8 Å². The van der Waals surface area contributed by atoms with Gasteiger partial charge < -0.3 is 14.0 Å². The molecule has 174 valence electrons. The Labute approximate surface area is 188 Å². The lowest BCUT2D eigenvalue weighted by molar-refractivity contribution is 0.0576. The first-order chi connectivity index (χ1) is 15.2. The van der Waals surface area contributed by atoms with E-state index in [1.54, 1.807) is 0 Å². The lowest BCUT2D eigenvalue weighted by atomic mass is 10.1. The molecule has 0 spiro atoms. The molecule has 5 nitrogen and oxygen atoms in total. The first-order valence-electron chi connectivity index (χ1n) is 11.7. The third-order valence-electron chi connectivity index (χ3n) is 5.11. The molecule has 6 heteroatoms. The highest BCUT2D eigenvalue weighted by molar-refractivity contribution is 7.54. The molecule has 0 saturated heterocycles. The number of hydrogen-bond donors (Lipinski definition) is 0. The second-order valence-corrected chi connectivity index (χ2v) is 9.78. The van der Waals surface area contributed by atoms with Gasteiger partial charge in [-0.15, -0.1) is 0 Å². The standard InChI is InChI=1S/C25H39O5P/c1-3-5-6-7-8-9-12-18-29-31(26,22-21-28-20-19-27-4-2)30-25-17-13-15-23-14-10-11-16-24(23)25/h10-11,13-17H,3-9,12,18-22H2,1-2H3. The monoisotopic (exact) mass is 450 g/mol. The molecule has 31 heavy (non-hydrogen) atoms. The fourth-order valence-electron chi connectivity index (χ4n) is 3.37. The van der Waals surface area contributed by atoms with Gasteiger partial charge in [0.1, 0.15) is 5.75 Å². The summed E-state index contributed by atoms with van der Waals surface area (Å²) in [4.78, 5) is 0. The molecular formula is C25H39O5P. The lowest BCUT2D eigenvalue weighted by Gasteiger charge is -2.20. The molecule has 0 aliphatic carbocycles. The number of hydrogen-bond acceptors (Lipinski definition) is 5. The molecule has 0 radical (unpaired) electrons. The van der Waals surface area contributed by atoms with Crippen molar-refractivity contribution >= 4 is 18.4 Å². The van der Waals surface area contributed by atoms with Crippen molar-refractivity contribution in [3.8, 4) is 5.75 Å². The summed E-state index contributed by atoms with van der Waals surface area (Å²) in [6.45, 7) is 6.59. The Balaban J connectivity index is 1.91. The molecule has 0 aromatic heterocycles. The van der Waals surface area contributed by atoms with Crippen molar-refractivity contribution in [3.05, 3.63) is 42.5 Å². The molecule has 1 unspecified atom stereocenters. The summed E-state index contributed by atoms with van der Waals surface area (Å²) >= 11 is 0. The van der Waals surface area contributed by atoms with Crippen molar-refractivity contribution in [2.24, 2.45) is 0 Å². The van der Waals surface area contributed by atoms with Gasteiger partial charge in [0, 0.05) is 12.0 Å². The van der Waals surface area contributed by atoms with Crippen molar-refractivity contribution in [3.63, 3.8) is 0 Å². The summed E-state index contributed by atoms with van der Waals surface area (Å²) in [5, 5.41) is 1.98. The van der Waals surface area contributed by atoms with Gasteiger partial charge in [-0.1, -0.05) is 81.8 Å². The van der Waals surface area contributed by atoms with Crippen LogP contribution in [0.3, 0.4) is 0 Å². The van der Waals surface area contributed by atoms with Crippen LogP contribution in [0.2, 0.25) is 0 Å². The van der Waals surface area contributed by atoms with E-state index in [-0.39, 0.29) is 6.16 Å². The highest BCUT2D eigenvalue weighted by atomic mass is 31.2. The Kier molecular flexibility index (Phi) is 12.9. The highest BCUT2D eigenvalue weighted by Crippen LogP contribution is 2.49. The fraction of sp³-hybridized carbons (Fsp3) is 0.600. The molecule has 2 aromatic rings. The fourth-order valence-corrected chi connectivity index (χ4v) is 4.86. The molecule has 0 bridgehead atoms. The Hall–Kier alpha value is -1.39. The summed E-state index contributed by atoms with van der Waals surface area (Å²) in [5.74, 6) is 0.593. The average molecular weight is 451 g/mol. The van der Waals surface area contributed by atoms with Crippen LogP contribution in [0.15, 0.2) is 42.5 Å². The maximum atomic E-state index is 13.5. The predicted octanol–water partition coefficient (Wildman–Crippen LogP) is 7.23. The molecule has 0 heterocycles. The van der Waals surface area contributed by atoms with Gasteiger partial charge in [-0.25, -0.2) is 4.57 Å². The SMILES string of the molecule is CCCCCCCCCOP(=O)(CCOCCOCC)Oc1cccc2ccccc12. The lowest BCUT2D eigenvalue weighted by Crippen LogP contribution is -2.11. The van der Waals surface area contributed by atoms with Crippen molar-refractivity contribution in [1.29, 1.82) is 0 Å². The van der Waals surface area contributed by atoms with Gasteiger partial charge in [0.25, 0.3) is 0 Å². The molecule has 1 atom stereocenters. The minimum atomic E-state index is -3.33. The van der Waals surface area contributed by atoms with Crippen LogP contribution >= 0.6 is 7.60 Å². The van der Waals surface area contributed by atoms with Gasteiger partial charge in [0.15, 0.2) is 0 Å². The van der Waals surface area contributed by atoms with Gasteiger partial charge in [0.05, 0.1) is 32.6 Å². The van der Waals surface area contributed by atoms with E-state index in [2.05, 4.69) is 6.92 Å². The molecular weight excluding hydrogens is 411 g/mol. The van der Waals surface area contributed by atoms with Gasteiger partial charge in [-0.2, -0.15) is 0 Å². The van der Waals surface area contributed by atoms with Gasteiger partial charge in [0.2, 0.25) is 0 Å². The maximum Gasteiger partial charge on any atom is 0.381 e. The normalized spacial score (nSPS) is 13.4. The quantitative estimate of drug-likeness (QED) is 0.177. The second kappa shape index (κ2) is 15.4. The van der Waals surface area contributed by atoms with E-state index < -0.39 is 7.60 Å². The predicted molar refractivity (Wildman–Crippen MR) is 128 cm³/mol. The largest absolute Gasteiger partial charge is 0.424 e. The van der Waals surface area contributed by atoms with Crippen molar-refractivity contribution in [2.75, 3.05) is 39.2 Å². The van der Waals surface area contributed by atoms with Crippen molar-refractivity contribution in [2.45, 2.75) is 58.8 Å². The molecule has 0 aliphatic heterocycles. The molecule has 2 rings (SSSR count). The molecule has 0 fully saturated rings. The third kappa shape index (κ3) is 10.2. The van der Waals surface area contributed by atoms with Crippen LogP contribution in [-0.4, -0.2) is 39.2 Å². The third-order valence-corrected chi connectivity index (χ3v) is 6.89. The first-order valence-corrected chi connectivity index (χ1v) is 13.5. The molecule has 0 saturated carbocycles. The zero-order valence-electron chi connectivity index (χ0n) is 19.2. The minimum absolute atomic E-state index is 0.221. The summed E-state index contributed by atoms with van der Waals surface area (Å²) in [6, 6.07) is 13.7. The first kappa shape index (κ1) is 25.9. The van der Waals surface area contributed by atoms with Crippen LogP contribution in [0.25, 0.3) is 10.8 Å². The number of ether oxygens (including phenoxy) is 2. The summed E-state index contributed by atoms with van der Waals surface area (Å²) < 4.78 is 36.3. The number of unbranched alkanes of at least 4 members (excludes halogenated alkanes) is 6.